The van der Waals surface area contributed by atoms with Gasteiger partial charge in [-0.2, -0.15) is 16.9 Å². The number of nitrogens with one attached hydrogen (secondary N) is 2. The molecule has 1 fully saturated rings. The van der Waals surface area contributed by atoms with Gasteiger partial charge in [-0.25, -0.2) is 4.79 Å². The second-order valence-corrected chi connectivity index (χ2v) is 9.59. The Kier molecular flexibility index (Phi) is 6.45. The smallest absolute Gasteiger partial charge is 0.412 e. The molecular weight excluding hydrogens is 468 g/mol. The van der Waals surface area contributed by atoms with E-state index in [2.05, 4.69) is 27.6 Å². The van der Waals surface area contributed by atoms with Gasteiger partial charge in [-0.05, 0) is 22.3 Å². The summed E-state index contributed by atoms with van der Waals surface area (Å²) in [4.78, 5) is 38.1. The minimum absolute atomic E-state index is 0.0624. The maximum atomic E-state index is 12.9. The molecule has 2 aliphatic rings. The minimum atomic E-state index is -0.947. The van der Waals surface area contributed by atoms with Gasteiger partial charge in [-0.1, -0.05) is 48.5 Å². The lowest BCUT2D eigenvalue weighted by molar-refractivity contribution is -0.138. The van der Waals surface area contributed by atoms with E-state index in [1.807, 2.05) is 36.4 Å². The molecule has 0 bridgehead atoms. The molecule has 10 heteroatoms. The van der Waals surface area contributed by atoms with Crippen LogP contribution in [0.4, 0.5) is 10.6 Å². The van der Waals surface area contributed by atoms with E-state index in [1.165, 1.54) is 6.07 Å². The third kappa shape index (κ3) is 4.74. The van der Waals surface area contributed by atoms with Crippen LogP contribution in [0.5, 0.6) is 0 Å². The van der Waals surface area contributed by atoms with Gasteiger partial charge in [0.2, 0.25) is 0 Å². The lowest BCUT2D eigenvalue weighted by Crippen LogP contribution is -2.47. The minimum Gasteiger partial charge on any atom is -0.481 e. The third-order valence-electron chi connectivity index (χ3n) is 6.28. The molecular formula is C25H24N4O5S. The number of carboxylic acid groups (broad SMARTS) is 1. The molecule has 3 aromatic rings. The zero-order valence-corrected chi connectivity index (χ0v) is 19.6. The predicted octanol–water partition coefficient (Wildman–Crippen LogP) is 3.80. The summed E-state index contributed by atoms with van der Waals surface area (Å²) in [6.45, 7) is 0.619. The van der Waals surface area contributed by atoms with Crippen molar-refractivity contribution in [1.29, 1.82) is 0 Å². The Hall–Kier alpha value is -3.79. The van der Waals surface area contributed by atoms with Gasteiger partial charge in [0.1, 0.15) is 12.3 Å². The van der Waals surface area contributed by atoms with Crippen LogP contribution in [-0.4, -0.2) is 68.9 Å². The van der Waals surface area contributed by atoms with Gasteiger partial charge in [0.25, 0.3) is 5.91 Å². The fraction of sp³-hybridized carbons (Fsp3) is 0.280. The van der Waals surface area contributed by atoms with Crippen molar-refractivity contribution in [2.24, 2.45) is 0 Å². The van der Waals surface area contributed by atoms with Gasteiger partial charge in [0, 0.05) is 30.0 Å². The van der Waals surface area contributed by atoms with Crippen LogP contribution in [0.3, 0.4) is 0 Å². The van der Waals surface area contributed by atoms with Crippen LogP contribution in [0.15, 0.2) is 54.6 Å². The average molecular weight is 493 g/mol. The Balaban J connectivity index is 1.22. The quantitative estimate of drug-likeness (QED) is 0.478. The molecule has 1 aliphatic carbocycles. The van der Waals surface area contributed by atoms with Crippen molar-refractivity contribution >= 4 is 35.5 Å². The first-order valence-corrected chi connectivity index (χ1v) is 12.4. The maximum Gasteiger partial charge on any atom is 0.412 e. The number of anilines is 1. The van der Waals surface area contributed by atoms with E-state index in [1.54, 1.807) is 16.7 Å². The van der Waals surface area contributed by atoms with Crippen molar-refractivity contribution in [2.75, 3.05) is 30.0 Å². The highest BCUT2D eigenvalue weighted by atomic mass is 32.2. The summed E-state index contributed by atoms with van der Waals surface area (Å²) in [7, 11) is 0. The summed E-state index contributed by atoms with van der Waals surface area (Å²) in [6, 6.07) is 17.2. The molecule has 0 saturated carbocycles. The molecule has 3 N–H and O–H groups in total. The van der Waals surface area contributed by atoms with Crippen LogP contribution in [0.1, 0.15) is 34.0 Å². The highest BCUT2D eigenvalue weighted by Crippen LogP contribution is 2.44. The first kappa shape index (κ1) is 23.0. The molecule has 2 heterocycles. The topological polar surface area (TPSA) is 125 Å². The summed E-state index contributed by atoms with van der Waals surface area (Å²) in [5, 5.41) is 18.4. The third-order valence-corrected chi connectivity index (χ3v) is 7.37. The molecule has 1 atom stereocenters. The van der Waals surface area contributed by atoms with Gasteiger partial charge < -0.3 is 14.7 Å². The van der Waals surface area contributed by atoms with Crippen molar-refractivity contribution in [3.05, 3.63) is 71.4 Å². The summed E-state index contributed by atoms with van der Waals surface area (Å²) < 4.78 is 5.52. The largest absolute Gasteiger partial charge is 0.481 e. The van der Waals surface area contributed by atoms with Gasteiger partial charge in [-0.15, -0.1) is 0 Å². The molecule has 1 aliphatic heterocycles. The lowest BCUT2D eigenvalue weighted by Gasteiger charge is -2.34. The van der Waals surface area contributed by atoms with Crippen molar-refractivity contribution in [2.45, 2.75) is 18.4 Å². The highest BCUT2D eigenvalue weighted by Gasteiger charge is 2.31. The Morgan fingerprint density at radius 1 is 1.11 bits per heavy atom. The standard InChI is InChI=1S/C25H24N4O5S/c30-23(31)11-15-14-35-10-9-29(15)24(32)21-12-22(28-27-21)26-25(33)34-13-20-18-7-3-1-5-16(18)17-6-2-4-8-19(17)20/h1-8,12,15,20H,9-11,13-14H2,(H,30,31)(H2,26,27,28,33). The van der Waals surface area contributed by atoms with E-state index < -0.39 is 12.1 Å². The van der Waals surface area contributed by atoms with Crippen LogP contribution in [-0.2, 0) is 9.53 Å². The molecule has 2 aromatic carbocycles. The summed E-state index contributed by atoms with van der Waals surface area (Å²) >= 11 is 1.63. The van der Waals surface area contributed by atoms with Crippen molar-refractivity contribution in [3.63, 3.8) is 0 Å². The lowest BCUT2D eigenvalue weighted by atomic mass is 9.98. The number of nitrogens with zero attached hydrogens (tertiary/aromatic N) is 2. The number of hydrogen-bond donors (Lipinski definition) is 3. The second kappa shape index (κ2) is 9.83. The molecule has 1 aromatic heterocycles. The molecule has 2 amide bonds. The van der Waals surface area contributed by atoms with Crippen molar-refractivity contribution in [1.82, 2.24) is 15.1 Å². The van der Waals surface area contributed by atoms with Gasteiger partial charge in [0.05, 0.1) is 12.5 Å². The van der Waals surface area contributed by atoms with E-state index in [0.717, 1.165) is 28.0 Å². The molecule has 0 spiro atoms. The van der Waals surface area contributed by atoms with Gasteiger partial charge >= 0.3 is 12.1 Å². The Morgan fingerprint density at radius 2 is 1.80 bits per heavy atom. The first-order chi connectivity index (χ1) is 17.0. The monoisotopic (exact) mass is 492 g/mol. The number of carbonyl (C=O) groups is 3. The van der Waals surface area contributed by atoms with E-state index in [4.69, 9.17) is 9.84 Å². The zero-order chi connectivity index (χ0) is 24.4. The number of amides is 2. The van der Waals surface area contributed by atoms with E-state index in [0.29, 0.717) is 12.3 Å². The molecule has 5 rings (SSSR count). The van der Waals surface area contributed by atoms with Crippen LogP contribution >= 0.6 is 11.8 Å². The Labute approximate surface area is 205 Å². The average Bonchev–Trinajstić information content (AvgIpc) is 3.45. The number of ether oxygens (including phenoxy) is 1. The summed E-state index contributed by atoms with van der Waals surface area (Å²) in [6.07, 6.45) is -0.784. The number of fused-ring (bicyclic) bond motifs is 3. The number of carbonyl (C=O) groups excluding carboxylic acids is 2. The second-order valence-electron chi connectivity index (χ2n) is 8.44. The molecule has 9 nitrogen and oxygen atoms in total. The number of hydrogen-bond acceptors (Lipinski definition) is 6. The first-order valence-electron chi connectivity index (χ1n) is 11.3. The molecule has 180 valence electrons. The maximum absolute atomic E-state index is 12.9. The Morgan fingerprint density at radius 3 is 2.49 bits per heavy atom. The number of thioether (sulfide) groups is 1. The molecule has 0 radical (unpaired) electrons. The van der Waals surface area contributed by atoms with Gasteiger partial charge in [0.15, 0.2) is 5.82 Å². The molecule has 1 unspecified atom stereocenters. The van der Waals surface area contributed by atoms with Gasteiger partial charge in [-0.3, -0.25) is 20.0 Å². The number of aliphatic carboxylic acids is 1. The normalized spacial score (nSPS) is 16.9. The van der Waals surface area contributed by atoms with Crippen molar-refractivity contribution < 1.29 is 24.2 Å². The fourth-order valence-electron chi connectivity index (χ4n) is 4.68. The summed E-state index contributed by atoms with van der Waals surface area (Å²) in [5.74, 6) is 0.110. The van der Waals surface area contributed by atoms with Crippen LogP contribution < -0.4 is 5.32 Å². The van der Waals surface area contributed by atoms with E-state index in [9.17, 15) is 14.4 Å². The number of carboxylic acids is 1. The number of aromatic nitrogens is 2. The number of rotatable bonds is 6. The SMILES string of the molecule is O=C(O)CC1CSCCN1C(=O)c1cc(NC(=O)OCC2c3ccccc3-c3ccccc32)n[nH]1. The number of H-pyrrole nitrogens is 1. The highest BCUT2D eigenvalue weighted by molar-refractivity contribution is 7.99. The van der Waals surface area contributed by atoms with Crippen LogP contribution in [0.25, 0.3) is 11.1 Å². The van der Waals surface area contributed by atoms with Crippen LogP contribution in [0, 0.1) is 0 Å². The molecule has 35 heavy (non-hydrogen) atoms. The summed E-state index contributed by atoms with van der Waals surface area (Å²) in [5.41, 5.74) is 4.70. The molecule has 1 saturated heterocycles. The predicted molar refractivity (Wildman–Crippen MR) is 132 cm³/mol. The van der Waals surface area contributed by atoms with E-state index >= 15 is 0 Å². The Bertz CT molecular complexity index is 1230. The number of benzene rings is 2. The van der Waals surface area contributed by atoms with Crippen molar-refractivity contribution in [3.8, 4) is 11.1 Å². The number of aromatic amines is 1. The fourth-order valence-corrected chi connectivity index (χ4v) is 5.74. The zero-order valence-electron chi connectivity index (χ0n) is 18.8. The van der Waals surface area contributed by atoms with Crippen LogP contribution in [0.2, 0.25) is 0 Å². The van der Waals surface area contributed by atoms with E-state index in [-0.39, 0.29) is 42.4 Å².